The normalized spacial score (nSPS) is 69.8. The minimum Gasteiger partial charge on any atom is -0.389 e. The summed E-state index contributed by atoms with van der Waals surface area (Å²) in [5.74, 6) is -2.34. The van der Waals surface area contributed by atoms with E-state index in [-0.39, 0.29) is 25.9 Å². The van der Waals surface area contributed by atoms with Crippen LogP contribution in [0.3, 0.4) is 0 Å². The molecule has 0 unspecified atom stereocenters. The van der Waals surface area contributed by atoms with Gasteiger partial charge in [-0.15, -0.1) is 0 Å². The summed E-state index contributed by atoms with van der Waals surface area (Å²) in [5, 5.41) is 55.1. The van der Waals surface area contributed by atoms with Gasteiger partial charge in [-0.2, -0.15) is 0 Å². The van der Waals surface area contributed by atoms with Crippen molar-refractivity contribution in [1.29, 1.82) is 0 Å². The fourth-order valence-corrected chi connectivity index (χ4v) is 5.73. The Balaban J connectivity index is 2.07. The molecular weight excluding hydrogens is 292 g/mol. The Labute approximate surface area is 128 Å². The van der Waals surface area contributed by atoms with Gasteiger partial charge in [0.2, 0.25) is 0 Å². The van der Waals surface area contributed by atoms with Gasteiger partial charge in [0.25, 0.3) is 0 Å². The second kappa shape index (κ2) is 3.54. The van der Waals surface area contributed by atoms with Crippen LogP contribution in [0.1, 0.15) is 40.0 Å². The van der Waals surface area contributed by atoms with Gasteiger partial charge in [0, 0.05) is 0 Å². The van der Waals surface area contributed by atoms with Crippen LogP contribution in [-0.2, 0) is 9.47 Å². The molecule has 5 rings (SSSR count). The van der Waals surface area contributed by atoms with Crippen LogP contribution in [0.25, 0.3) is 0 Å². The van der Waals surface area contributed by atoms with Crippen molar-refractivity contribution in [3.05, 3.63) is 0 Å². The second-order valence-corrected chi connectivity index (χ2v) is 8.22. The number of aliphatic hydroxyl groups excluding tert-OH is 1. The summed E-state index contributed by atoms with van der Waals surface area (Å²) in [7, 11) is 0. The summed E-state index contributed by atoms with van der Waals surface area (Å²) in [6.45, 7) is 4.60. The molecule has 7 nitrogen and oxygen atoms in total. The molecule has 0 radical (unpaired) electrons. The summed E-state index contributed by atoms with van der Waals surface area (Å²) in [6, 6.07) is 0. The van der Waals surface area contributed by atoms with Crippen molar-refractivity contribution < 1.29 is 35.0 Å². The van der Waals surface area contributed by atoms with Gasteiger partial charge in [-0.1, -0.05) is 6.92 Å². The molecule has 0 aromatic heterocycles. The van der Waals surface area contributed by atoms with Crippen LogP contribution < -0.4 is 0 Å². The fraction of sp³-hybridized carbons (Fsp3) is 1.00. The van der Waals surface area contributed by atoms with Crippen LogP contribution in [0.5, 0.6) is 0 Å². The van der Waals surface area contributed by atoms with Crippen molar-refractivity contribution in [2.45, 2.75) is 75.0 Å². The van der Waals surface area contributed by atoms with Crippen molar-refractivity contribution in [3.8, 4) is 0 Å². The van der Waals surface area contributed by atoms with Crippen molar-refractivity contribution in [1.82, 2.24) is 0 Å². The Morgan fingerprint density at radius 1 is 1.00 bits per heavy atom. The van der Waals surface area contributed by atoms with Gasteiger partial charge in [0.1, 0.15) is 6.10 Å². The van der Waals surface area contributed by atoms with Gasteiger partial charge in [-0.25, -0.2) is 0 Å². The smallest absolute Gasteiger partial charge is 0.309 e. The first kappa shape index (κ1) is 15.3. The Morgan fingerprint density at radius 2 is 1.64 bits per heavy atom. The quantitative estimate of drug-likeness (QED) is 0.382. The van der Waals surface area contributed by atoms with Gasteiger partial charge >= 0.3 is 5.97 Å². The van der Waals surface area contributed by atoms with E-state index in [9.17, 15) is 25.5 Å². The molecular formula is C15H24O7. The van der Waals surface area contributed by atoms with Gasteiger partial charge < -0.3 is 35.0 Å². The maximum atomic E-state index is 11.6. The molecule has 126 valence electrons. The molecule has 2 aliphatic carbocycles. The molecule has 4 bridgehead atoms. The summed E-state index contributed by atoms with van der Waals surface area (Å²) >= 11 is 0. The molecule has 2 saturated carbocycles. The third kappa shape index (κ3) is 1.14. The molecule has 3 aliphatic heterocycles. The predicted octanol–water partition coefficient (Wildman–Crippen LogP) is -1.15. The van der Waals surface area contributed by atoms with Crippen LogP contribution in [-0.4, -0.2) is 67.1 Å². The van der Waals surface area contributed by atoms with E-state index in [0.29, 0.717) is 0 Å². The standard InChI is InChI=1S/C15H24O7/c1-10-7-21-15(20)9(16)13(6-8(22-15)12(10,3)18)11(2,17)4-5-14(10,13)19/h8-9,16-20H,4-7H2,1-3H3/t8-,9-,10-,11+,12+,13-,14+,15-/m1/s1. The third-order valence-electron chi connectivity index (χ3n) is 7.53. The number of fused-ring (bicyclic) bond motifs is 1. The summed E-state index contributed by atoms with van der Waals surface area (Å²) in [4.78, 5) is 0. The minimum absolute atomic E-state index is 0.0475. The van der Waals surface area contributed by atoms with Crippen molar-refractivity contribution in [2.24, 2.45) is 10.8 Å². The van der Waals surface area contributed by atoms with Crippen LogP contribution in [0.4, 0.5) is 0 Å². The van der Waals surface area contributed by atoms with Crippen molar-refractivity contribution in [3.63, 3.8) is 0 Å². The van der Waals surface area contributed by atoms with E-state index in [4.69, 9.17) is 9.47 Å². The lowest BCUT2D eigenvalue weighted by Crippen LogP contribution is -2.82. The van der Waals surface area contributed by atoms with Crippen LogP contribution in [0, 0.1) is 10.8 Å². The van der Waals surface area contributed by atoms with Crippen LogP contribution >= 0.6 is 0 Å². The molecule has 7 heteroatoms. The molecule has 3 heterocycles. The average Bonchev–Trinajstić information content (AvgIpc) is 2.58. The highest BCUT2D eigenvalue weighted by Gasteiger charge is 2.87. The third-order valence-corrected chi connectivity index (χ3v) is 7.53. The number of ether oxygens (including phenoxy) is 2. The Morgan fingerprint density at radius 3 is 2.27 bits per heavy atom. The molecule has 8 atom stereocenters. The summed E-state index contributed by atoms with van der Waals surface area (Å²) in [6.07, 6.45) is -1.97. The highest BCUT2D eigenvalue weighted by molar-refractivity contribution is 5.33. The molecule has 5 aliphatic rings. The lowest BCUT2D eigenvalue weighted by atomic mass is 9.43. The Bertz CT molecular complexity index is 548. The molecule has 5 N–H and O–H groups in total. The Hall–Kier alpha value is -0.280. The van der Waals surface area contributed by atoms with Crippen molar-refractivity contribution >= 4 is 0 Å². The number of hydrogen-bond donors (Lipinski definition) is 5. The average molecular weight is 316 g/mol. The van der Waals surface area contributed by atoms with Crippen LogP contribution in [0.2, 0.25) is 0 Å². The maximum absolute atomic E-state index is 11.6. The van der Waals surface area contributed by atoms with E-state index < -0.39 is 45.8 Å². The highest BCUT2D eigenvalue weighted by atomic mass is 16.8. The molecule has 0 aromatic carbocycles. The van der Waals surface area contributed by atoms with E-state index in [1.165, 1.54) is 0 Å². The largest absolute Gasteiger partial charge is 0.389 e. The molecule has 0 amide bonds. The molecule has 3 saturated heterocycles. The monoisotopic (exact) mass is 316 g/mol. The first-order valence-electron chi connectivity index (χ1n) is 7.77. The lowest BCUT2D eigenvalue weighted by Gasteiger charge is -2.67. The minimum atomic E-state index is -2.34. The topological polar surface area (TPSA) is 120 Å². The highest BCUT2D eigenvalue weighted by Crippen LogP contribution is 2.74. The zero-order valence-electron chi connectivity index (χ0n) is 13.0. The van der Waals surface area contributed by atoms with E-state index >= 15 is 0 Å². The van der Waals surface area contributed by atoms with E-state index in [1.54, 1.807) is 20.8 Å². The van der Waals surface area contributed by atoms with Crippen LogP contribution in [0.15, 0.2) is 0 Å². The van der Waals surface area contributed by atoms with Gasteiger partial charge in [0.15, 0.2) is 0 Å². The zero-order valence-corrected chi connectivity index (χ0v) is 13.0. The number of rotatable bonds is 0. The number of hydrogen-bond acceptors (Lipinski definition) is 7. The Kier molecular flexibility index (Phi) is 2.45. The second-order valence-electron chi connectivity index (χ2n) is 8.22. The summed E-state index contributed by atoms with van der Waals surface area (Å²) < 4.78 is 10.9. The fourth-order valence-electron chi connectivity index (χ4n) is 5.73. The van der Waals surface area contributed by atoms with Gasteiger partial charge in [-0.05, 0) is 33.1 Å². The first-order valence-corrected chi connectivity index (χ1v) is 7.77. The van der Waals surface area contributed by atoms with E-state index in [0.717, 1.165) is 0 Å². The lowest BCUT2D eigenvalue weighted by molar-refractivity contribution is -0.465. The molecule has 1 spiro atoms. The predicted molar refractivity (Wildman–Crippen MR) is 72.4 cm³/mol. The van der Waals surface area contributed by atoms with Gasteiger partial charge in [0.05, 0.1) is 40.3 Å². The summed E-state index contributed by atoms with van der Waals surface area (Å²) in [5.41, 5.74) is -7.10. The molecule has 5 fully saturated rings. The van der Waals surface area contributed by atoms with Gasteiger partial charge in [-0.3, -0.25) is 0 Å². The zero-order chi connectivity index (χ0) is 16.4. The molecule has 0 aromatic rings. The van der Waals surface area contributed by atoms with Crippen molar-refractivity contribution in [2.75, 3.05) is 6.61 Å². The number of aliphatic hydroxyl groups is 5. The molecule has 22 heavy (non-hydrogen) atoms. The first-order chi connectivity index (χ1) is 9.88. The van der Waals surface area contributed by atoms with E-state index in [1.807, 2.05) is 0 Å². The maximum Gasteiger partial charge on any atom is 0.309 e. The van der Waals surface area contributed by atoms with E-state index in [2.05, 4.69) is 0 Å². The SMILES string of the molecule is C[C@]12CO[C@@]3(O)O[C@H](C[C@]4([C@H]3O)[C@]1(O)CC[C@]4(C)O)[C@]2(C)O.